The Balaban J connectivity index is 1.92. The van der Waals surface area contributed by atoms with Gasteiger partial charge in [0.1, 0.15) is 5.75 Å². The number of aromatic nitrogens is 2. The number of hydrogen-bond acceptors (Lipinski definition) is 4. The molecule has 0 aliphatic heterocycles. The third kappa shape index (κ3) is 3.59. The Bertz CT molecular complexity index is 1000. The molecule has 0 aliphatic carbocycles. The van der Waals surface area contributed by atoms with Crippen molar-refractivity contribution < 1.29 is 18.7 Å². The quantitative estimate of drug-likeness (QED) is 0.708. The van der Waals surface area contributed by atoms with Gasteiger partial charge in [-0.3, -0.25) is 4.79 Å². The van der Waals surface area contributed by atoms with Crippen LogP contribution in [0.3, 0.4) is 0 Å². The highest BCUT2D eigenvalue weighted by atomic mass is 35.5. The van der Waals surface area contributed by atoms with Crippen molar-refractivity contribution in [3.05, 3.63) is 64.7 Å². The lowest BCUT2D eigenvalue weighted by molar-refractivity contribution is 0.102. The molecular formula is C19H17ClFN3O3. The highest BCUT2D eigenvalue weighted by molar-refractivity contribution is 6.32. The Morgan fingerprint density at radius 1 is 1.19 bits per heavy atom. The smallest absolute Gasteiger partial charge is 0.259 e. The molecule has 0 atom stereocenters. The van der Waals surface area contributed by atoms with Crippen LogP contribution in [-0.4, -0.2) is 29.9 Å². The molecule has 0 saturated carbocycles. The Labute approximate surface area is 160 Å². The number of nitrogens with zero attached hydrogens (tertiary/aromatic N) is 2. The van der Waals surface area contributed by atoms with Crippen LogP contribution in [0.1, 0.15) is 16.1 Å². The number of carbonyl (C=O) groups excluding carboxylic acids is 1. The van der Waals surface area contributed by atoms with Crippen molar-refractivity contribution in [1.82, 2.24) is 9.78 Å². The molecule has 0 spiro atoms. The molecule has 1 N–H and O–H groups in total. The predicted molar refractivity (Wildman–Crippen MR) is 101 cm³/mol. The van der Waals surface area contributed by atoms with E-state index in [0.717, 1.165) is 6.07 Å². The van der Waals surface area contributed by atoms with E-state index in [-0.39, 0.29) is 17.2 Å². The second-order valence-electron chi connectivity index (χ2n) is 5.65. The van der Waals surface area contributed by atoms with E-state index in [2.05, 4.69) is 10.4 Å². The molecule has 1 amide bonds. The van der Waals surface area contributed by atoms with Crippen LogP contribution >= 0.6 is 11.6 Å². The van der Waals surface area contributed by atoms with Crippen molar-refractivity contribution in [2.45, 2.75) is 6.92 Å². The fourth-order valence-electron chi connectivity index (χ4n) is 2.65. The van der Waals surface area contributed by atoms with E-state index in [1.807, 2.05) is 12.1 Å². The summed E-state index contributed by atoms with van der Waals surface area (Å²) in [6, 6.07) is 9.68. The van der Waals surface area contributed by atoms with Gasteiger partial charge in [0.2, 0.25) is 0 Å². The zero-order chi connectivity index (χ0) is 19.6. The molecule has 140 valence electrons. The first kappa shape index (κ1) is 18.7. The van der Waals surface area contributed by atoms with E-state index in [1.165, 1.54) is 26.5 Å². The summed E-state index contributed by atoms with van der Waals surface area (Å²) >= 11 is 6.20. The van der Waals surface area contributed by atoms with Gasteiger partial charge in [0.15, 0.2) is 11.6 Å². The lowest BCUT2D eigenvalue weighted by Crippen LogP contribution is -2.14. The van der Waals surface area contributed by atoms with Gasteiger partial charge in [-0.25, -0.2) is 9.07 Å². The van der Waals surface area contributed by atoms with Gasteiger partial charge in [0, 0.05) is 12.1 Å². The van der Waals surface area contributed by atoms with Crippen molar-refractivity contribution in [2.75, 3.05) is 19.5 Å². The first-order valence-electron chi connectivity index (χ1n) is 7.98. The molecular weight excluding hydrogens is 373 g/mol. The number of carbonyl (C=O) groups is 1. The first-order valence-corrected chi connectivity index (χ1v) is 8.36. The molecule has 1 heterocycles. The van der Waals surface area contributed by atoms with E-state index in [4.69, 9.17) is 21.1 Å². The fraction of sp³-hybridized carbons (Fsp3) is 0.158. The van der Waals surface area contributed by atoms with Crippen LogP contribution in [0.25, 0.3) is 5.69 Å². The summed E-state index contributed by atoms with van der Waals surface area (Å²) in [6.07, 6.45) is 1.43. The Morgan fingerprint density at radius 2 is 1.89 bits per heavy atom. The molecule has 6 nitrogen and oxygen atoms in total. The van der Waals surface area contributed by atoms with Crippen LogP contribution < -0.4 is 14.8 Å². The Morgan fingerprint density at radius 3 is 2.56 bits per heavy atom. The van der Waals surface area contributed by atoms with Gasteiger partial charge in [-0.05, 0) is 19.1 Å². The van der Waals surface area contributed by atoms with Crippen LogP contribution in [0.15, 0.2) is 42.6 Å². The van der Waals surface area contributed by atoms with Crippen molar-refractivity contribution >= 4 is 23.2 Å². The fourth-order valence-corrected chi connectivity index (χ4v) is 2.86. The molecule has 0 saturated heterocycles. The lowest BCUT2D eigenvalue weighted by atomic mass is 10.2. The summed E-state index contributed by atoms with van der Waals surface area (Å²) in [6.45, 7) is 1.75. The number of methoxy groups -OCH3 is 2. The summed E-state index contributed by atoms with van der Waals surface area (Å²) in [5.41, 5.74) is 1.76. The molecule has 0 radical (unpaired) electrons. The lowest BCUT2D eigenvalue weighted by Gasteiger charge is -2.12. The number of ether oxygens (including phenoxy) is 2. The molecule has 3 aromatic rings. The molecule has 1 aromatic heterocycles. The molecule has 0 bridgehead atoms. The molecule has 0 unspecified atom stereocenters. The summed E-state index contributed by atoms with van der Waals surface area (Å²) in [7, 11) is 2.77. The Kier molecular flexibility index (Phi) is 5.32. The third-order valence-electron chi connectivity index (χ3n) is 4.06. The summed E-state index contributed by atoms with van der Waals surface area (Å²) in [5, 5.41) is 7.40. The minimum atomic E-state index is -0.614. The van der Waals surface area contributed by atoms with Crippen LogP contribution in [0.4, 0.5) is 10.1 Å². The number of amides is 1. The minimum absolute atomic E-state index is 0.0209. The molecule has 0 aliphatic rings. The van der Waals surface area contributed by atoms with E-state index in [9.17, 15) is 9.18 Å². The van der Waals surface area contributed by atoms with Crippen molar-refractivity contribution in [2.24, 2.45) is 0 Å². The average molecular weight is 390 g/mol. The maximum absolute atomic E-state index is 14.0. The van der Waals surface area contributed by atoms with E-state index in [0.29, 0.717) is 22.0 Å². The number of rotatable bonds is 5. The number of para-hydroxylation sites is 1. The largest absolute Gasteiger partial charge is 0.494 e. The van der Waals surface area contributed by atoms with Crippen LogP contribution in [0.5, 0.6) is 11.5 Å². The second-order valence-corrected chi connectivity index (χ2v) is 6.06. The molecule has 2 aromatic carbocycles. The number of hydrogen-bond donors (Lipinski definition) is 1. The van der Waals surface area contributed by atoms with Gasteiger partial charge >= 0.3 is 0 Å². The monoisotopic (exact) mass is 389 g/mol. The van der Waals surface area contributed by atoms with E-state index < -0.39 is 11.7 Å². The SMILES string of the molecule is COc1cc(OC)c(NC(=O)c2cnn(-c3ccccc3Cl)c2C)cc1F. The summed E-state index contributed by atoms with van der Waals surface area (Å²) in [5.74, 6) is -0.768. The van der Waals surface area contributed by atoms with Crippen LogP contribution in [0, 0.1) is 12.7 Å². The highest BCUT2D eigenvalue weighted by Gasteiger charge is 2.19. The maximum Gasteiger partial charge on any atom is 0.259 e. The summed E-state index contributed by atoms with van der Waals surface area (Å²) < 4.78 is 25.7. The highest BCUT2D eigenvalue weighted by Crippen LogP contribution is 2.32. The van der Waals surface area contributed by atoms with Crippen molar-refractivity contribution in [3.8, 4) is 17.2 Å². The van der Waals surface area contributed by atoms with Crippen molar-refractivity contribution in [3.63, 3.8) is 0 Å². The average Bonchev–Trinajstić information content (AvgIpc) is 3.03. The topological polar surface area (TPSA) is 65.4 Å². The van der Waals surface area contributed by atoms with E-state index >= 15 is 0 Å². The standard InChI is InChI=1S/C19H17ClFN3O3/c1-11-12(10-22-24(11)16-7-5-4-6-13(16)20)19(25)23-15-8-14(21)17(26-2)9-18(15)27-3/h4-10H,1-3H3,(H,23,25). The van der Waals surface area contributed by atoms with Gasteiger partial charge < -0.3 is 14.8 Å². The third-order valence-corrected chi connectivity index (χ3v) is 4.38. The molecule has 8 heteroatoms. The molecule has 27 heavy (non-hydrogen) atoms. The van der Waals surface area contributed by atoms with Crippen molar-refractivity contribution in [1.29, 1.82) is 0 Å². The second kappa shape index (κ2) is 7.67. The van der Waals surface area contributed by atoms with Gasteiger partial charge in [-0.1, -0.05) is 23.7 Å². The van der Waals surface area contributed by atoms with Gasteiger partial charge in [0.05, 0.1) is 48.1 Å². The zero-order valence-corrected chi connectivity index (χ0v) is 15.7. The predicted octanol–water partition coefficient (Wildman–Crippen LogP) is 4.24. The summed E-state index contributed by atoms with van der Waals surface area (Å²) in [4.78, 5) is 12.7. The number of benzene rings is 2. The van der Waals surface area contributed by atoms with Crippen LogP contribution in [-0.2, 0) is 0 Å². The number of anilines is 1. The Hall–Kier alpha value is -3.06. The maximum atomic E-state index is 14.0. The van der Waals surface area contributed by atoms with Gasteiger partial charge in [-0.15, -0.1) is 0 Å². The van der Waals surface area contributed by atoms with Gasteiger partial charge in [0.25, 0.3) is 5.91 Å². The normalized spacial score (nSPS) is 10.6. The zero-order valence-electron chi connectivity index (χ0n) is 14.9. The molecule has 0 fully saturated rings. The number of nitrogens with one attached hydrogen (secondary N) is 1. The first-order chi connectivity index (χ1) is 13.0. The minimum Gasteiger partial charge on any atom is -0.494 e. The van der Waals surface area contributed by atoms with E-state index in [1.54, 1.807) is 23.7 Å². The number of halogens is 2. The van der Waals surface area contributed by atoms with Gasteiger partial charge in [-0.2, -0.15) is 5.10 Å². The van der Waals surface area contributed by atoms with Crippen LogP contribution in [0.2, 0.25) is 5.02 Å². The molecule has 3 rings (SSSR count).